The summed E-state index contributed by atoms with van der Waals surface area (Å²) in [5.41, 5.74) is 4.01. The van der Waals surface area contributed by atoms with E-state index in [2.05, 4.69) is 60.6 Å². The number of anilines is 2. The van der Waals surface area contributed by atoms with E-state index < -0.39 is 0 Å². The first-order chi connectivity index (χ1) is 16.2. The van der Waals surface area contributed by atoms with Crippen LogP contribution in [0.1, 0.15) is 45.6 Å². The molecule has 1 aromatic heterocycles. The van der Waals surface area contributed by atoms with Crippen LogP contribution in [-0.4, -0.2) is 38.9 Å². The minimum absolute atomic E-state index is 0.0577. The fourth-order valence-electron chi connectivity index (χ4n) is 3.92. The molecule has 0 saturated carbocycles. The molecule has 1 aliphatic rings. The van der Waals surface area contributed by atoms with Crippen molar-refractivity contribution in [1.29, 1.82) is 0 Å². The van der Waals surface area contributed by atoms with E-state index in [1.165, 1.54) is 17.3 Å². The van der Waals surface area contributed by atoms with Gasteiger partial charge in [-0.05, 0) is 41.7 Å². The minimum atomic E-state index is -0.0577. The molecule has 0 unspecified atom stereocenters. The molecule has 1 aliphatic heterocycles. The molecule has 4 rings (SSSR count). The van der Waals surface area contributed by atoms with E-state index in [1.54, 1.807) is 4.90 Å². The molecule has 2 amide bonds. The van der Waals surface area contributed by atoms with Crippen molar-refractivity contribution in [1.82, 2.24) is 14.8 Å². The molecule has 0 atom stereocenters. The van der Waals surface area contributed by atoms with Crippen molar-refractivity contribution >= 4 is 35.0 Å². The maximum atomic E-state index is 12.4. The van der Waals surface area contributed by atoms with Crippen molar-refractivity contribution in [3.05, 3.63) is 54.1 Å². The van der Waals surface area contributed by atoms with Crippen LogP contribution in [-0.2, 0) is 22.1 Å². The molecule has 0 radical (unpaired) electrons. The summed E-state index contributed by atoms with van der Waals surface area (Å²) in [5, 5.41) is 12.4. The van der Waals surface area contributed by atoms with Gasteiger partial charge in [0, 0.05) is 49.1 Å². The van der Waals surface area contributed by atoms with Crippen LogP contribution >= 0.6 is 11.8 Å². The van der Waals surface area contributed by atoms with Gasteiger partial charge in [0.2, 0.25) is 11.8 Å². The minimum Gasteiger partial charge on any atom is -0.326 e. The number of hydrogen-bond donors (Lipinski definition) is 1. The van der Waals surface area contributed by atoms with Gasteiger partial charge in [0.1, 0.15) is 0 Å². The highest BCUT2D eigenvalue weighted by Gasteiger charge is 2.21. The van der Waals surface area contributed by atoms with Gasteiger partial charge in [-0.2, -0.15) is 0 Å². The Kier molecular flexibility index (Phi) is 7.07. The number of amides is 2. The van der Waals surface area contributed by atoms with Crippen LogP contribution in [0.2, 0.25) is 0 Å². The predicted molar refractivity (Wildman–Crippen MR) is 137 cm³/mol. The Bertz CT molecular complexity index is 1160. The molecule has 34 heavy (non-hydrogen) atoms. The van der Waals surface area contributed by atoms with Gasteiger partial charge >= 0.3 is 0 Å². The van der Waals surface area contributed by atoms with Gasteiger partial charge in [-0.3, -0.25) is 9.59 Å². The highest BCUT2D eigenvalue weighted by Crippen LogP contribution is 2.27. The second kappa shape index (κ2) is 10.0. The Morgan fingerprint density at radius 3 is 2.38 bits per heavy atom. The lowest BCUT2D eigenvalue weighted by molar-refractivity contribution is -0.117. The van der Waals surface area contributed by atoms with Crippen LogP contribution < -0.4 is 10.2 Å². The molecule has 7 nitrogen and oxygen atoms in total. The lowest BCUT2D eigenvalue weighted by atomic mass is 9.87. The topological polar surface area (TPSA) is 80.1 Å². The maximum Gasteiger partial charge on any atom is 0.227 e. The third-order valence-electron chi connectivity index (χ3n) is 5.94. The first-order valence-corrected chi connectivity index (χ1v) is 12.5. The summed E-state index contributed by atoms with van der Waals surface area (Å²) in [7, 11) is 1.95. The third kappa shape index (κ3) is 5.50. The molecule has 0 bridgehead atoms. The number of benzene rings is 2. The van der Waals surface area contributed by atoms with Gasteiger partial charge in [-0.15, -0.1) is 10.2 Å². The van der Waals surface area contributed by atoms with E-state index in [-0.39, 0.29) is 17.2 Å². The van der Waals surface area contributed by atoms with Gasteiger partial charge in [-0.1, -0.05) is 56.8 Å². The second-order valence-corrected chi connectivity index (χ2v) is 10.6. The van der Waals surface area contributed by atoms with Crippen LogP contribution in [0.3, 0.4) is 0 Å². The normalized spacial score (nSPS) is 14.0. The van der Waals surface area contributed by atoms with Crippen molar-refractivity contribution in [2.24, 2.45) is 7.05 Å². The van der Waals surface area contributed by atoms with Crippen molar-refractivity contribution < 1.29 is 9.59 Å². The second-order valence-electron chi connectivity index (χ2n) is 9.53. The molecule has 178 valence electrons. The van der Waals surface area contributed by atoms with Gasteiger partial charge in [0.05, 0.1) is 0 Å². The van der Waals surface area contributed by atoms with Crippen LogP contribution in [0.25, 0.3) is 11.4 Å². The predicted octanol–water partition coefficient (Wildman–Crippen LogP) is 5.03. The number of carbonyl (C=O) groups excluding carboxylic acids is 2. The Hall–Kier alpha value is -3.13. The number of rotatable bonds is 7. The molecule has 3 aromatic rings. The molecule has 1 fully saturated rings. The maximum absolute atomic E-state index is 12.4. The van der Waals surface area contributed by atoms with E-state index in [0.29, 0.717) is 18.6 Å². The molecule has 2 aromatic carbocycles. The summed E-state index contributed by atoms with van der Waals surface area (Å²) in [6, 6.07) is 15.9. The molecule has 1 N–H and O–H groups in total. The Morgan fingerprint density at radius 2 is 1.76 bits per heavy atom. The molecule has 2 heterocycles. The highest BCUT2D eigenvalue weighted by atomic mass is 32.2. The first kappa shape index (κ1) is 24.0. The molecule has 8 heteroatoms. The van der Waals surface area contributed by atoms with Gasteiger partial charge in [0.15, 0.2) is 11.0 Å². The number of nitrogens with zero attached hydrogens (tertiary/aromatic N) is 4. The summed E-state index contributed by atoms with van der Waals surface area (Å²) in [6.07, 6.45) is 1.86. The molecule has 0 aliphatic carbocycles. The monoisotopic (exact) mass is 477 g/mol. The summed E-state index contributed by atoms with van der Waals surface area (Å²) >= 11 is 1.51. The van der Waals surface area contributed by atoms with E-state index in [9.17, 15) is 9.59 Å². The first-order valence-electron chi connectivity index (χ1n) is 11.6. The van der Waals surface area contributed by atoms with Crippen molar-refractivity contribution in [2.45, 2.75) is 50.6 Å². The Morgan fingerprint density at radius 1 is 1.06 bits per heavy atom. The van der Waals surface area contributed by atoms with E-state index in [0.717, 1.165) is 40.9 Å². The lowest BCUT2D eigenvalue weighted by Gasteiger charge is -2.19. The highest BCUT2D eigenvalue weighted by molar-refractivity contribution is 7.99. The van der Waals surface area contributed by atoms with Crippen LogP contribution in [0.4, 0.5) is 11.4 Å². The fourth-order valence-corrected chi connectivity index (χ4v) is 4.76. The summed E-state index contributed by atoms with van der Waals surface area (Å²) < 4.78 is 1.97. The van der Waals surface area contributed by atoms with Crippen LogP contribution in [0, 0.1) is 0 Å². The Balaban J connectivity index is 1.29. The quantitative estimate of drug-likeness (QED) is 0.483. The number of carbonyl (C=O) groups is 2. The van der Waals surface area contributed by atoms with Crippen molar-refractivity contribution in [2.75, 3.05) is 22.5 Å². The average molecular weight is 478 g/mol. The number of hydrogen-bond acceptors (Lipinski definition) is 5. The zero-order chi connectivity index (χ0) is 24.3. The summed E-state index contributed by atoms with van der Waals surface area (Å²) in [6.45, 7) is 7.34. The van der Waals surface area contributed by atoms with Gasteiger partial charge in [-0.25, -0.2) is 0 Å². The van der Waals surface area contributed by atoms with Crippen LogP contribution in [0.15, 0.2) is 53.7 Å². The van der Waals surface area contributed by atoms with Gasteiger partial charge < -0.3 is 14.8 Å². The number of aromatic nitrogens is 3. The standard InChI is InChI=1S/C26H31N5O2S/c1-26(2,3)19-9-7-18(8-10-19)24-28-29-25(30(24)4)34-17-15-22(32)27-20-11-13-21(14-12-20)31-16-5-6-23(31)33/h7-14H,5-6,15-17H2,1-4H3,(H,27,32). The van der Waals surface area contributed by atoms with E-state index >= 15 is 0 Å². The van der Waals surface area contributed by atoms with Crippen molar-refractivity contribution in [3.8, 4) is 11.4 Å². The average Bonchev–Trinajstić information content (AvgIpc) is 3.39. The van der Waals surface area contributed by atoms with E-state index in [1.807, 2.05) is 35.9 Å². The van der Waals surface area contributed by atoms with Gasteiger partial charge in [0.25, 0.3) is 0 Å². The molecule has 1 saturated heterocycles. The number of thioether (sulfide) groups is 1. The summed E-state index contributed by atoms with van der Waals surface area (Å²) in [4.78, 5) is 26.0. The smallest absolute Gasteiger partial charge is 0.227 e. The Labute approximate surface area is 205 Å². The van der Waals surface area contributed by atoms with Crippen LogP contribution in [0.5, 0.6) is 0 Å². The van der Waals surface area contributed by atoms with Crippen molar-refractivity contribution in [3.63, 3.8) is 0 Å². The number of nitrogens with one attached hydrogen (secondary N) is 1. The zero-order valence-corrected chi connectivity index (χ0v) is 21.0. The molecular formula is C26H31N5O2S. The largest absolute Gasteiger partial charge is 0.326 e. The summed E-state index contributed by atoms with van der Waals surface area (Å²) in [5.74, 6) is 1.51. The fraction of sp³-hybridized carbons (Fsp3) is 0.385. The SMILES string of the molecule is Cn1c(SCCC(=O)Nc2ccc(N3CCCC3=O)cc2)nnc1-c1ccc(C(C)(C)C)cc1. The molecule has 0 spiro atoms. The lowest BCUT2D eigenvalue weighted by Crippen LogP contribution is -2.23. The van der Waals surface area contributed by atoms with E-state index in [4.69, 9.17) is 0 Å². The third-order valence-corrected chi connectivity index (χ3v) is 6.96. The molecular weight excluding hydrogens is 446 g/mol. The zero-order valence-electron chi connectivity index (χ0n) is 20.2.